The van der Waals surface area contributed by atoms with E-state index in [1.165, 1.54) is 0 Å². The van der Waals surface area contributed by atoms with Gasteiger partial charge in [-0.3, -0.25) is 10.1 Å². The standard InChI is InChI=1S/C12H15BrN2OS/c1-8(9-4-2-3-5-10(9)13)15-12(16)11-6-17-7-14-11/h2-5,8,11,14H,6-7H2,1H3,(H,15,16)/t8-,11?/m0/s1. The van der Waals surface area contributed by atoms with Crippen molar-refractivity contribution in [3.63, 3.8) is 0 Å². The van der Waals surface area contributed by atoms with Gasteiger partial charge in [-0.05, 0) is 18.6 Å². The summed E-state index contributed by atoms with van der Waals surface area (Å²) in [6, 6.07) is 7.92. The lowest BCUT2D eigenvalue weighted by atomic mass is 10.1. The average Bonchev–Trinajstić information content (AvgIpc) is 2.82. The quantitative estimate of drug-likeness (QED) is 0.899. The SMILES string of the molecule is C[C@H](NC(=O)C1CSCN1)c1ccccc1Br. The van der Waals surface area contributed by atoms with Crippen molar-refractivity contribution in [3.05, 3.63) is 34.3 Å². The molecule has 1 saturated heterocycles. The van der Waals surface area contributed by atoms with Crippen LogP contribution in [-0.4, -0.2) is 23.6 Å². The number of rotatable bonds is 3. The van der Waals surface area contributed by atoms with E-state index in [9.17, 15) is 4.79 Å². The van der Waals surface area contributed by atoms with Crippen molar-refractivity contribution in [3.8, 4) is 0 Å². The fourth-order valence-electron chi connectivity index (χ4n) is 1.78. The van der Waals surface area contributed by atoms with Gasteiger partial charge in [-0.1, -0.05) is 34.1 Å². The molecule has 3 nitrogen and oxygen atoms in total. The molecule has 0 aromatic heterocycles. The number of thioether (sulfide) groups is 1. The highest BCUT2D eigenvalue weighted by Gasteiger charge is 2.24. The Hall–Kier alpha value is -0.520. The van der Waals surface area contributed by atoms with Gasteiger partial charge in [0.25, 0.3) is 0 Å². The summed E-state index contributed by atoms with van der Waals surface area (Å²) in [5, 5.41) is 6.20. The zero-order chi connectivity index (χ0) is 12.3. The lowest BCUT2D eigenvalue weighted by Crippen LogP contribution is -2.42. The summed E-state index contributed by atoms with van der Waals surface area (Å²) in [6.45, 7) is 2.00. The molecule has 0 saturated carbocycles. The normalized spacial score (nSPS) is 21.2. The Balaban J connectivity index is 1.99. The zero-order valence-corrected chi connectivity index (χ0v) is 12.0. The minimum absolute atomic E-state index is 0.0190. The number of hydrogen-bond acceptors (Lipinski definition) is 3. The Morgan fingerprint density at radius 1 is 1.59 bits per heavy atom. The van der Waals surface area contributed by atoms with E-state index in [-0.39, 0.29) is 18.0 Å². The summed E-state index contributed by atoms with van der Waals surface area (Å²) < 4.78 is 1.03. The van der Waals surface area contributed by atoms with Crippen molar-refractivity contribution >= 4 is 33.6 Å². The van der Waals surface area contributed by atoms with E-state index in [1.807, 2.05) is 31.2 Å². The van der Waals surface area contributed by atoms with E-state index in [4.69, 9.17) is 0 Å². The summed E-state index contributed by atoms with van der Waals surface area (Å²) in [4.78, 5) is 11.9. The third-order valence-corrected chi connectivity index (χ3v) is 4.43. The van der Waals surface area contributed by atoms with Crippen LogP contribution in [-0.2, 0) is 4.79 Å². The topological polar surface area (TPSA) is 41.1 Å². The molecule has 1 unspecified atom stereocenters. The van der Waals surface area contributed by atoms with E-state index < -0.39 is 0 Å². The van der Waals surface area contributed by atoms with E-state index in [2.05, 4.69) is 26.6 Å². The number of hydrogen-bond donors (Lipinski definition) is 2. The molecule has 2 atom stereocenters. The molecule has 1 aromatic rings. The van der Waals surface area contributed by atoms with Gasteiger partial charge >= 0.3 is 0 Å². The first-order chi connectivity index (χ1) is 8.18. The van der Waals surface area contributed by atoms with Crippen molar-refractivity contribution in [2.75, 3.05) is 11.6 Å². The van der Waals surface area contributed by atoms with Crippen LogP contribution in [0.2, 0.25) is 0 Å². The van der Waals surface area contributed by atoms with Gasteiger partial charge in [0.1, 0.15) is 0 Å². The van der Waals surface area contributed by atoms with Crippen LogP contribution in [0.4, 0.5) is 0 Å². The number of benzene rings is 1. The number of carbonyl (C=O) groups is 1. The minimum atomic E-state index is -0.0510. The molecule has 1 aliphatic rings. The van der Waals surface area contributed by atoms with Crippen LogP contribution in [0.25, 0.3) is 0 Å². The molecule has 17 heavy (non-hydrogen) atoms. The molecule has 5 heteroatoms. The predicted octanol–water partition coefficient (Wildman–Crippen LogP) is 2.29. The second-order valence-electron chi connectivity index (χ2n) is 4.02. The number of amides is 1. The highest BCUT2D eigenvalue weighted by molar-refractivity contribution is 9.10. The summed E-state index contributed by atoms with van der Waals surface area (Å²) in [5.74, 6) is 1.80. The van der Waals surface area contributed by atoms with Crippen LogP contribution in [0.15, 0.2) is 28.7 Å². The smallest absolute Gasteiger partial charge is 0.238 e. The van der Waals surface area contributed by atoms with Gasteiger partial charge in [-0.25, -0.2) is 0 Å². The number of nitrogens with one attached hydrogen (secondary N) is 2. The van der Waals surface area contributed by atoms with Gasteiger partial charge in [-0.15, -0.1) is 11.8 Å². The van der Waals surface area contributed by atoms with Crippen molar-refractivity contribution in [2.45, 2.75) is 19.0 Å². The summed E-state index contributed by atoms with van der Waals surface area (Å²) in [7, 11) is 0. The van der Waals surface area contributed by atoms with E-state index in [0.29, 0.717) is 0 Å². The van der Waals surface area contributed by atoms with Gasteiger partial charge in [0, 0.05) is 16.1 Å². The third-order valence-electron chi connectivity index (χ3n) is 2.76. The van der Waals surface area contributed by atoms with Crippen molar-refractivity contribution < 1.29 is 4.79 Å². The maximum Gasteiger partial charge on any atom is 0.238 e. The molecule has 1 amide bonds. The molecular weight excluding hydrogens is 300 g/mol. The number of halogens is 1. The maximum atomic E-state index is 11.9. The van der Waals surface area contributed by atoms with Gasteiger partial charge in [0.15, 0.2) is 0 Å². The molecule has 0 radical (unpaired) electrons. The molecule has 0 spiro atoms. The van der Waals surface area contributed by atoms with Crippen molar-refractivity contribution in [2.24, 2.45) is 0 Å². The van der Waals surface area contributed by atoms with Gasteiger partial charge in [0.2, 0.25) is 5.91 Å². The highest BCUT2D eigenvalue weighted by atomic mass is 79.9. The van der Waals surface area contributed by atoms with Gasteiger partial charge in [-0.2, -0.15) is 0 Å². The van der Waals surface area contributed by atoms with E-state index >= 15 is 0 Å². The van der Waals surface area contributed by atoms with E-state index in [0.717, 1.165) is 21.7 Å². The summed E-state index contributed by atoms with van der Waals surface area (Å²) >= 11 is 5.25. The van der Waals surface area contributed by atoms with Gasteiger partial charge in [0.05, 0.1) is 12.1 Å². The van der Waals surface area contributed by atoms with Crippen LogP contribution < -0.4 is 10.6 Å². The summed E-state index contributed by atoms with van der Waals surface area (Å²) in [5.41, 5.74) is 1.10. The first kappa shape index (κ1) is 12.9. The molecule has 2 rings (SSSR count). The Morgan fingerprint density at radius 2 is 2.35 bits per heavy atom. The van der Waals surface area contributed by atoms with Crippen molar-refractivity contribution in [1.29, 1.82) is 0 Å². The number of carbonyl (C=O) groups excluding carboxylic acids is 1. The predicted molar refractivity (Wildman–Crippen MR) is 74.9 cm³/mol. The first-order valence-electron chi connectivity index (χ1n) is 5.54. The molecule has 1 aromatic carbocycles. The van der Waals surface area contributed by atoms with Crippen molar-refractivity contribution in [1.82, 2.24) is 10.6 Å². The molecule has 0 bridgehead atoms. The minimum Gasteiger partial charge on any atom is -0.348 e. The molecule has 1 aliphatic heterocycles. The average molecular weight is 315 g/mol. The first-order valence-corrected chi connectivity index (χ1v) is 7.49. The Bertz CT molecular complexity index is 407. The summed E-state index contributed by atoms with van der Waals surface area (Å²) in [6.07, 6.45) is 0. The van der Waals surface area contributed by atoms with Crippen LogP contribution in [0.5, 0.6) is 0 Å². The Labute approximate surface area is 114 Å². The Morgan fingerprint density at radius 3 is 3.00 bits per heavy atom. The maximum absolute atomic E-state index is 11.9. The van der Waals surface area contributed by atoms with Gasteiger partial charge < -0.3 is 5.32 Å². The largest absolute Gasteiger partial charge is 0.348 e. The fourth-order valence-corrected chi connectivity index (χ4v) is 3.35. The fraction of sp³-hybridized carbons (Fsp3) is 0.417. The Kier molecular flexibility index (Phi) is 4.48. The monoisotopic (exact) mass is 314 g/mol. The zero-order valence-electron chi connectivity index (χ0n) is 9.57. The lowest BCUT2D eigenvalue weighted by molar-refractivity contribution is -0.123. The van der Waals surface area contributed by atoms with E-state index in [1.54, 1.807) is 11.8 Å². The molecule has 1 fully saturated rings. The van der Waals surface area contributed by atoms with Crippen LogP contribution in [0.3, 0.4) is 0 Å². The lowest BCUT2D eigenvalue weighted by Gasteiger charge is -2.18. The van der Waals surface area contributed by atoms with Crippen LogP contribution >= 0.6 is 27.7 Å². The molecular formula is C12H15BrN2OS. The second kappa shape index (κ2) is 5.89. The highest BCUT2D eigenvalue weighted by Crippen LogP contribution is 2.23. The molecule has 0 aliphatic carbocycles. The molecule has 2 N–H and O–H groups in total. The second-order valence-corrected chi connectivity index (χ2v) is 5.91. The van der Waals surface area contributed by atoms with Crippen LogP contribution in [0, 0.1) is 0 Å². The molecule has 1 heterocycles. The third kappa shape index (κ3) is 3.24. The van der Waals surface area contributed by atoms with Crippen LogP contribution in [0.1, 0.15) is 18.5 Å². The molecule has 92 valence electrons.